The molecule has 2 atom stereocenters. The highest BCUT2D eigenvalue weighted by Gasteiger charge is 2.50. The fourth-order valence-electron chi connectivity index (χ4n) is 4.53. The van der Waals surface area contributed by atoms with Gasteiger partial charge in [0.2, 0.25) is 5.91 Å². The highest BCUT2D eigenvalue weighted by atomic mass is 16.6. The molecule has 0 spiro atoms. The first-order valence-corrected chi connectivity index (χ1v) is 9.72. The lowest BCUT2D eigenvalue weighted by Crippen LogP contribution is -2.48. The standard InChI is InChI=1S/C21H26N2O4/c1-2-12-26-13-9-19(24)22-10-7-16(8-11-22)23-20-17-6-4-3-5-15(17)14-18(20)27-21(23)25/h2-6,16,18,20H,1,7-14H2. The van der Waals surface area contributed by atoms with Crippen LogP contribution < -0.4 is 0 Å². The zero-order chi connectivity index (χ0) is 18.8. The quantitative estimate of drug-likeness (QED) is 0.571. The summed E-state index contributed by atoms with van der Waals surface area (Å²) in [6.45, 7) is 5.83. The van der Waals surface area contributed by atoms with Crippen LogP contribution in [0.5, 0.6) is 0 Å². The third kappa shape index (κ3) is 3.46. The van der Waals surface area contributed by atoms with Gasteiger partial charge in [-0.15, -0.1) is 6.58 Å². The largest absolute Gasteiger partial charge is 0.443 e. The van der Waals surface area contributed by atoms with Gasteiger partial charge in [0.25, 0.3) is 0 Å². The summed E-state index contributed by atoms with van der Waals surface area (Å²) in [6.07, 6.45) is 4.17. The van der Waals surface area contributed by atoms with Crippen molar-refractivity contribution >= 4 is 12.0 Å². The maximum Gasteiger partial charge on any atom is 0.411 e. The second-order valence-electron chi connectivity index (χ2n) is 7.40. The molecule has 2 heterocycles. The molecule has 1 aliphatic carbocycles. The van der Waals surface area contributed by atoms with Crippen molar-refractivity contribution in [2.45, 2.75) is 43.9 Å². The van der Waals surface area contributed by atoms with Crippen LogP contribution in [0.15, 0.2) is 36.9 Å². The Kier molecular flexibility index (Phi) is 5.16. The highest BCUT2D eigenvalue weighted by Crippen LogP contribution is 2.44. The molecule has 2 unspecified atom stereocenters. The Morgan fingerprint density at radius 2 is 2.07 bits per heavy atom. The van der Waals surface area contributed by atoms with E-state index in [4.69, 9.17) is 9.47 Å². The maximum absolute atomic E-state index is 12.5. The summed E-state index contributed by atoms with van der Waals surface area (Å²) in [6, 6.07) is 8.44. The van der Waals surface area contributed by atoms with Crippen molar-refractivity contribution in [3.63, 3.8) is 0 Å². The summed E-state index contributed by atoms with van der Waals surface area (Å²) in [5, 5.41) is 0. The Bertz CT molecular complexity index is 727. The first-order valence-electron chi connectivity index (χ1n) is 9.72. The van der Waals surface area contributed by atoms with Crippen LogP contribution in [-0.2, 0) is 20.7 Å². The molecule has 1 aromatic rings. The lowest BCUT2D eigenvalue weighted by atomic mass is 9.99. The van der Waals surface area contributed by atoms with Crippen LogP contribution in [0.1, 0.15) is 36.4 Å². The highest BCUT2D eigenvalue weighted by molar-refractivity contribution is 5.76. The smallest absolute Gasteiger partial charge is 0.411 e. The number of hydrogen-bond donors (Lipinski definition) is 0. The fraction of sp³-hybridized carbons (Fsp3) is 0.524. The first-order chi connectivity index (χ1) is 13.2. The van der Waals surface area contributed by atoms with E-state index in [9.17, 15) is 9.59 Å². The molecule has 144 valence electrons. The van der Waals surface area contributed by atoms with Crippen molar-refractivity contribution in [2.24, 2.45) is 0 Å². The molecule has 27 heavy (non-hydrogen) atoms. The number of carbonyl (C=O) groups is 2. The maximum atomic E-state index is 12.5. The topological polar surface area (TPSA) is 59.1 Å². The summed E-state index contributed by atoms with van der Waals surface area (Å²) >= 11 is 0. The van der Waals surface area contributed by atoms with Gasteiger partial charge in [-0.3, -0.25) is 9.69 Å². The second kappa shape index (κ2) is 7.72. The van der Waals surface area contributed by atoms with E-state index in [0.29, 0.717) is 32.7 Å². The molecule has 2 amide bonds. The van der Waals surface area contributed by atoms with E-state index in [2.05, 4.69) is 18.7 Å². The van der Waals surface area contributed by atoms with Crippen LogP contribution in [0.4, 0.5) is 4.79 Å². The number of amides is 2. The molecule has 6 nitrogen and oxygen atoms in total. The molecule has 0 bridgehead atoms. The number of nitrogens with zero attached hydrogens (tertiary/aromatic N) is 2. The molecule has 2 fully saturated rings. The molecule has 0 N–H and O–H groups in total. The second-order valence-corrected chi connectivity index (χ2v) is 7.40. The molecule has 0 aromatic heterocycles. The monoisotopic (exact) mass is 370 g/mol. The third-order valence-corrected chi connectivity index (χ3v) is 5.82. The van der Waals surface area contributed by atoms with Crippen molar-refractivity contribution in [3.05, 3.63) is 48.0 Å². The number of fused-ring (bicyclic) bond motifs is 3. The lowest BCUT2D eigenvalue weighted by Gasteiger charge is -2.38. The van der Waals surface area contributed by atoms with Crippen LogP contribution in [0.25, 0.3) is 0 Å². The molecule has 0 radical (unpaired) electrons. The van der Waals surface area contributed by atoms with Gasteiger partial charge < -0.3 is 14.4 Å². The molecule has 2 saturated heterocycles. The van der Waals surface area contributed by atoms with Gasteiger partial charge in [-0.05, 0) is 24.0 Å². The van der Waals surface area contributed by atoms with Gasteiger partial charge in [-0.1, -0.05) is 30.3 Å². The van der Waals surface area contributed by atoms with Crippen molar-refractivity contribution in [3.8, 4) is 0 Å². The third-order valence-electron chi connectivity index (χ3n) is 5.82. The summed E-state index contributed by atoms with van der Waals surface area (Å²) in [7, 11) is 0. The molecule has 6 heteroatoms. The van der Waals surface area contributed by atoms with E-state index in [1.54, 1.807) is 6.08 Å². The number of likely N-dealkylation sites (tertiary alicyclic amines) is 1. The van der Waals surface area contributed by atoms with Crippen molar-refractivity contribution in [2.75, 3.05) is 26.3 Å². The van der Waals surface area contributed by atoms with Crippen molar-refractivity contribution in [1.29, 1.82) is 0 Å². The molecule has 4 rings (SSSR count). The van der Waals surface area contributed by atoms with Crippen molar-refractivity contribution in [1.82, 2.24) is 9.80 Å². The molecular weight excluding hydrogens is 344 g/mol. The Balaban J connectivity index is 1.36. The zero-order valence-corrected chi connectivity index (χ0v) is 15.5. The number of rotatable bonds is 6. The van der Waals surface area contributed by atoms with E-state index in [-0.39, 0.29) is 30.2 Å². The summed E-state index contributed by atoms with van der Waals surface area (Å²) < 4.78 is 11.0. The molecule has 1 aromatic carbocycles. The number of hydrogen-bond acceptors (Lipinski definition) is 4. The van der Waals surface area contributed by atoms with E-state index >= 15 is 0 Å². The molecule has 3 aliphatic rings. The Morgan fingerprint density at radius 1 is 1.30 bits per heavy atom. The summed E-state index contributed by atoms with van der Waals surface area (Å²) in [5.74, 6) is 0.116. The van der Waals surface area contributed by atoms with E-state index in [1.807, 2.05) is 21.9 Å². The number of ether oxygens (including phenoxy) is 2. The molecular formula is C21H26N2O4. The van der Waals surface area contributed by atoms with Crippen molar-refractivity contribution < 1.29 is 19.1 Å². The van der Waals surface area contributed by atoms with Crippen LogP contribution >= 0.6 is 0 Å². The predicted molar refractivity (Wildman–Crippen MR) is 100 cm³/mol. The fourth-order valence-corrected chi connectivity index (χ4v) is 4.53. The Hall–Kier alpha value is -2.34. The molecule has 2 aliphatic heterocycles. The van der Waals surface area contributed by atoms with E-state index < -0.39 is 0 Å². The van der Waals surface area contributed by atoms with Gasteiger partial charge in [0, 0.05) is 25.6 Å². The summed E-state index contributed by atoms with van der Waals surface area (Å²) in [5.41, 5.74) is 2.49. The normalized spacial score (nSPS) is 24.5. The van der Waals surface area contributed by atoms with E-state index in [1.165, 1.54) is 11.1 Å². The van der Waals surface area contributed by atoms with Crippen LogP contribution in [0.2, 0.25) is 0 Å². The minimum Gasteiger partial charge on any atom is -0.443 e. The average molecular weight is 370 g/mol. The van der Waals surface area contributed by atoms with Crippen LogP contribution in [0.3, 0.4) is 0 Å². The average Bonchev–Trinajstić information content (AvgIpc) is 3.19. The number of benzene rings is 1. The van der Waals surface area contributed by atoms with Crippen LogP contribution in [-0.4, -0.2) is 60.2 Å². The predicted octanol–water partition coefficient (Wildman–Crippen LogP) is 2.69. The minimum absolute atomic E-state index is 0.0215. The molecule has 0 saturated carbocycles. The zero-order valence-electron chi connectivity index (χ0n) is 15.5. The lowest BCUT2D eigenvalue weighted by molar-refractivity contribution is -0.133. The van der Waals surface area contributed by atoms with Gasteiger partial charge in [0.15, 0.2) is 0 Å². The van der Waals surface area contributed by atoms with Gasteiger partial charge in [0.05, 0.1) is 25.7 Å². The Labute approximate surface area is 159 Å². The Morgan fingerprint density at radius 3 is 2.85 bits per heavy atom. The van der Waals surface area contributed by atoms with Gasteiger partial charge in [-0.25, -0.2) is 4.79 Å². The number of carbonyl (C=O) groups excluding carboxylic acids is 2. The van der Waals surface area contributed by atoms with Gasteiger partial charge >= 0.3 is 6.09 Å². The van der Waals surface area contributed by atoms with Crippen LogP contribution in [0, 0.1) is 0 Å². The van der Waals surface area contributed by atoms with Gasteiger partial charge in [0.1, 0.15) is 6.10 Å². The minimum atomic E-state index is -0.206. The first kappa shape index (κ1) is 18.0. The summed E-state index contributed by atoms with van der Waals surface area (Å²) in [4.78, 5) is 28.6. The van der Waals surface area contributed by atoms with E-state index in [0.717, 1.165) is 19.3 Å². The van der Waals surface area contributed by atoms with Gasteiger partial charge in [-0.2, -0.15) is 0 Å². The SMILES string of the molecule is C=CCOCCC(=O)N1CCC(N2C(=O)OC3Cc4ccccc4C32)CC1. The number of piperidine rings is 1.